The lowest BCUT2D eigenvalue weighted by atomic mass is 9.93. The van der Waals surface area contributed by atoms with Gasteiger partial charge >= 0.3 is 12.1 Å². The predicted octanol–water partition coefficient (Wildman–Crippen LogP) is 5.38. The summed E-state index contributed by atoms with van der Waals surface area (Å²) in [6, 6.07) is 25.6. The zero-order valence-corrected chi connectivity index (χ0v) is 24.2. The number of halogens is 4. The molecular weight excluding hydrogens is 595 g/mol. The number of amides is 1. The van der Waals surface area contributed by atoms with Crippen molar-refractivity contribution in [1.82, 2.24) is 19.8 Å². The van der Waals surface area contributed by atoms with E-state index in [9.17, 15) is 18.0 Å². The maximum Gasteiger partial charge on any atom is 0.490 e. The standard InChI is InChI=1S/C30H28ClN5O.C2HF3O2/c31-27-7-3-4-24(14-27)19-35-20-26-6-2-1-5-25(26)15-29(35)30(37)34-13-12-28-17-33-21-36(28)18-23-10-8-22(16-32)9-11-23;3-2(4,5)1(6)7/h1-11,14,17,21,29H,12-13,15,18-20H2,(H,34,37);(H,6,7)/t29-;/m0./s1. The van der Waals surface area contributed by atoms with Crippen molar-refractivity contribution in [2.75, 3.05) is 6.54 Å². The van der Waals surface area contributed by atoms with Gasteiger partial charge in [-0.15, -0.1) is 0 Å². The molecule has 0 aliphatic carbocycles. The Morgan fingerprint density at radius 2 is 1.73 bits per heavy atom. The van der Waals surface area contributed by atoms with E-state index < -0.39 is 12.1 Å². The Kier molecular flexibility index (Phi) is 10.8. The van der Waals surface area contributed by atoms with Crippen LogP contribution in [-0.2, 0) is 42.1 Å². The van der Waals surface area contributed by atoms with Gasteiger partial charge in [-0.3, -0.25) is 9.69 Å². The zero-order chi connectivity index (χ0) is 31.7. The predicted molar refractivity (Wildman–Crippen MR) is 158 cm³/mol. The molecule has 1 aliphatic heterocycles. The molecule has 0 fully saturated rings. The number of hydrogen-bond acceptors (Lipinski definition) is 5. The molecule has 44 heavy (non-hydrogen) atoms. The maximum atomic E-state index is 13.4. The number of carboxylic acid groups (broad SMARTS) is 1. The Balaban J connectivity index is 0.000000566. The van der Waals surface area contributed by atoms with Crippen LogP contribution >= 0.6 is 11.6 Å². The van der Waals surface area contributed by atoms with Crippen LogP contribution in [0.15, 0.2) is 85.3 Å². The quantitative estimate of drug-likeness (QED) is 0.273. The number of benzene rings is 3. The number of aromatic nitrogens is 2. The van der Waals surface area contributed by atoms with Gasteiger partial charge in [0.1, 0.15) is 0 Å². The van der Waals surface area contributed by atoms with E-state index in [1.807, 2.05) is 54.7 Å². The fraction of sp³-hybridized carbons (Fsp3) is 0.250. The van der Waals surface area contributed by atoms with Crippen LogP contribution in [0.2, 0.25) is 5.02 Å². The summed E-state index contributed by atoms with van der Waals surface area (Å²) in [5, 5.41) is 20.0. The average Bonchev–Trinajstić information content (AvgIpc) is 3.43. The summed E-state index contributed by atoms with van der Waals surface area (Å²) < 4.78 is 33.8. The van der Waals surface area contributed by atoms with Crippen molar-refractivity contribution in [2.24, 2.45) is 0 Å². The van der Waals surface area contributed by atoms with Crippen LogP contribution in [0, 0.1) is 11.3 Å². The van der Waals surface area contributed by atoms with Crippen LogP contribution in [-0.4, -0.2) is 50.2 Å². The highest BCUT2D eigenvalue weighted by Gasteiger charge is 2.38. The van der Waals surface area contributed by atoms with Gasteiger partial charge in [0.05, 0.1) is 24.0 Å². The SMILES string of the molecule is N#Cc1ccc(Cn2cncc2CCNC(=O)[C@@H]2Cc3ccccc3CN2Cc2cccc(Cl)c2)cc1.O=C(O)C(F)(F)F. The van der Waals surface area contributed by atoms with Gasteiger partial charge in [-0.1, -0.05) is 60.1 Å². The lowest BCUT2D eigenvalue weighted by Gasteiger charge is -2.36. The normalized spacial score (nSPS) is 14.5. The molecule has 0 spiro atoms. The number of nitriles is 1. The van der Waals surface area contributed by atoms with E-state index in [0.717, 1.165) is 23.4 Å². The number of carboxylic acids is 1. The van der Waals surface area contributed by atoms with E-state index >= 15 is 0 Å². The minimum Gasteiger partial charge on any atom is -0.475 e. The molecule has 0 saturated carbocycles. The third kappa shape index (κ3) is 8.92. The van der Waals surface area contributed by atoms with Crippen LogP contribution in [0.1, 0.15) is 33.5 Å². The highest BCUT2D eigenvalue weighted by Crippen LogP contribution is 2.26. The smallest absolute Gasteiger partial charge is 0.475 e. The van der Waals surface area contributed by atoms with E-state index in [4.69, 9.17) is 26.8 Å². The lowest BCUT2D eigenvalue weighted by molar-refractivity contribution is -0.192. The van der Waals surface area contributed by atoms with Gasteiger partial charge in [-0.05, 0) is 52.9 Å². The summed E-state index contributed by atoms with van der Waals surface area (Å²) in [6.45, 7) is 2.57. The van der Waals surface area contributed by atoms with Gasteiger partial charge < -0.3 is 15.0 Å². The second-order valence-corrected chi connectivity index (χ2v) is 10.6. The minimum absolute atomic E-state index is 0.0367. The van der Waals surface area contributed by atoms with Crippen LogP contribution in [0.5, 0.6) is 0 Å². The second-order valence-electron chi connectivity index (χ2n) is 10.2. The van der Waals surface area contributed by atoms with Crippen LogP contribution in [0.4, 0.5) is 13.2 Å². The molecule has 12 heteroatoms. The molecule has 0 radical (unpaired) electrons. The Labute approximate surface area is 257 Å². The molecule has 1 aromatic heterocycles. The average molecular weight is 624 g/mol. The maximum absolute atomic E-state index is 13.4. The summed E-state index contributed by atoms with van der Waals surface area (Å²) in [5.41, 5.74) is 6.38. The van der Waals surface area contributed by atoms with Gasteiger partial charge in [-0.2, -0.15) is 18.4 Å². The van der Waals surface area contributed by atoms with Gasteiger partial charge in [0.15, 0.2) is 0 Å². The van der Waals surface area contributed by atoms with Gasteiger partial charge in [0.25, 0.3) is 0 Å². The molecule has 0 unspecified atom stereocenters. The van der Waals surface area contributed by atoms with Crippen LogP contribution in [0.25, 0.3) is 0 Å². The lowest BCUT2D eigenvalue weighted by Crippen LogP contribution is -2.50. The summed E-state index contributed by atoms with van der Waals surface area (Å²) >= 11 is 6.22. The van der Waals surface area contributed by atoms with Gasteiger partial charge in [0.2, 0.25) is 5.91 Å². The Morgan fingerprint density at radius 3 is 2.39 bits per heavy atom. The number of alkyl halides is 3. The number of nitrogens with one attached hydrogen (secondary N) is 1. The fourth-order valence-electron chi connectivity index (χ4n) is 4.88. The van der Waals surface area contributed by atoms with Crippen LogP contribution in [0.3, 0.4) is 0 Å². The first-order valence-corrected chi connectivity index (χ1v) is 14.0. The Morgan fingerprint density at radius 1 is 1.02 bits per heavy atom. The molecule has 2 N–H and O–H groups in total. The molecule has 1 atom stereocenters. The van der Waals surface area contributed by atoms with Crippen molar-refractivity contribution in [1.29, 1.82) is 5.26 Å². The first-order chi connectivity index (χ1) is 21.0. The molecule has 8 nitrogen and oxygen atoms in total. The first-order valence-electron chi connectivity index (χ1n) is 13.6. The van der Waals surface area contributed by atoms with Crippen molar-refractivity contribution in [3.63, 3.8) is 0 Å². The molecule has 1 amide bonds. The molecule has 228 valence electrons. The molecule has 3 aromatic carbocycles. The molecule has 0 saturated heterocycles. The fourth-order valence-corrected chi connectivity index (χ4v) is 5.10. The van der Waals surface area contributed by atoms with E-state index in [-0.39, 0.29) is 11.9 Å². The second kappa shape index (κ2) is 14.7. The number of carbonyl (C=O) groups is 2. The summed E-state index contributed by atoms with van der Waals surface area (Å²) in [4.78, 5) is 28.9. The molecule has 0 bridgehead atoms. The van der Waals surface area contributed by atoms with Crippen molar-refractivity contribution >= 4 is 23.5 Å². The van der Waals surface area contributed by atoms with Crippen LogP contribution < -0.4 is 5.32 Å². The Bertz CT molecular complexity index is 1630. The van der Waals surface area contributed by atoms with Crippen molar-refractivity contribution in [3.05, 3.63) is 124 Å². The van der Waals surface area contributed by atoms with Crippen molar-refractivity contribution in [2.45, 2.75) is 44.7 Å². The largest absolute Gasteiger partial charge is 0.490 e. The number of rotatable bonds is 8. The van der Waals surface area contributed by atoms with Crippen molar-refractivity contribution < 1.29 is 27.9 Å². The number of hydrogen-bond donors (Lipinski definition) is 2. The van der Waals surface area contributed by atoms with Crippen molar-refractivity contribution in [3.8, 4) is 6.07 Å². The van der Waals surface area contributed by atoms with E-state index in [0.29, 0.717) is 43.1 Å². The number of fused-ring (bicyclic) bond motifs is 1. The third-order valence-corrected chi connectivity index (χ3v) is 7.32. The first kappa shape index (κ1) is 32.3. The molecule has 4 aromatic rings. The third-order valence-electron chi connectivity index (χ3n) is 7.08. The van der Waals surface area contributed by atoms with E-state index in [1.54, 1.807) is 6.33 Å². The highest BCUT2D eigenvalue weighted by atomic mass is 35.5. The number of carbonyl (C=O) groups excluding carboxylic acids is 1. The molecule has 2 heterocycles. The molecule has 5 rings (SSSR count). The highest BCUT2D eigenvalue weighted by molar-refractivity contribution is 6.30. The van der Waals surface area contributed by atoms with E-state index in [2.05, 4.69) is 50.1 Å². The van der Waals surface area contributed by atoms with E-state index in [1.165, 1.54) is 11.1 Å². The summed E-state index contributed by atoms with van der Waals surface area (Å²) in [5.74, 6) is -2.72. The molecule has 1 aliphatic rings. The topological polar surface area (TPSA) is 111 Å². The number of imidazole rings is 1. The zero-order valence-electron chi connectivity index (χ0n) is 23.5. The Hall–Kier alpha value is -4.66. The van der Waals surface area contributed by atoms with Gasteiger partial charge in [0, 0.05) is 49.5 Å². The van der Waals surface area contributed by atoms with Gasteiger partial charge in [-0.25, -0.2) is 9.78 Å². The monoisotopic (exact) mass is 623 g/mol. The summed E-state index contributed by atoms with van der Waals surface area (Å²) in [6.07, 6.45) is -0.0723. The molecular formula is C32H29ClF3N5O3. The number of aliphatic carboxylic acids is 1. The summed E-state index contributed by atoms with van der Waals surface area (Å²) in [7, 11) is 0. The minimum atomic E-state index is -5.08. The number of nitrogens with zero attached hydrogens (tertiary/aromatic N) is 4.